The molecule has 1 aromatic rings. The number of nitrogens with one attached hydrogen (secondary N) is 1. The number of rotatable bonds is 3. The number of H-pyrrole nitrogens is 1. The Kier molecular flexibility index (Phi) is 2.95. The molecule has 0 spiro atoms. The zero-order chi connectivity index (χ0) is 10.7. The number of halogens is 2. The lowest BCUT2D eigenvalue weighted by molar-refractivity contribution is 0.111. The molecule has 0 aromatic carbocycles. The fraction of sp³-hybridized carbons (Fsp3) is 0.250. The average Bonchev–Trinajstić information content (AvgIpc) is 2.16. The first-order valence-corrected chi connectivity index (χ1v) is 3.64. The molecule has 1 N–H and O–H groups in total. The normalized spacial score (nSPS) is 10.3. The maximum absolute atomic E-state index is 12.3. The van der Waals surface area contributed by atoms with Crippen LogP contribution in [0.2, 0.25) is 0 Å². The van der Waals surface area contributed by atoms with Crippen molar-refractivity contribution in [1.29, 1.82) is 0 Å². The molecule has 76 valence electrons. The first-order valence-electron chi connectivity index (χ1n) is 3.64. The van der Waals surface area contributed by atoms with Crippen molar-refractivity contribution in [1.82, 2.24) is 4.98 Å². The Morgan fingerprint density at radius 2 is 2.21 bits per heavy atom. The molecule has 0 aliphatic carbocycles. The van der Waals surface area contributed by atoms with Gasteiger partial charge < -0.3 is 9.72 Å². The van der Waals surface area contributed by atoms with Crippen LogP contribution in [0.3, 0.4) is 0 Å². The Bertz CT molecular complexity index is 400. The van der Waals surface area contributed by atoms with E-state index in [2.05, 4.69) is 9.72 Å². The number of carbonyl (C=O) groups is 1. The first kappa shape index (κ1) is 10.4. The highest BCUT2D eigenvalue weighted by molar-refractivity contribution is 5.72. The quantitative estimate of drug-likeness (QED) is 0.749. The number of methoxy groups -OCH3 is 1. The summed E-state index contributed by atoms with van der Waals surface area (Å²) in [4.78, 5) is 23.5. The molecule has 4 nitrogen and oxygen atoms in total. The summed E-state index contributed by atoms with van der Waals surface area (Å²) in [6.07, 6.45) is -2.61. The predicted molar refractivity (Wildman–Crippen MR) is 44.0 cm³/mol. The SMILES string of the molecule is COc1c(C(F)F)[nH]c(C=O)cc1=O. The van der Waals surface area contributed by atoms with Gasteiger partial charge in [-0.1, -0.05) is 0 Å². The van der Waals surface area contributed by atoms with Crippen molar-refractivity contribution in [2.75, 3.05) is 7.11 Å². The molecule has 0 radical (unpaired) electrons. The summed E-state index contributed by atoms with van der Waals surface area (Å²) in [6, 6.07) is 0.901. The van der Waals surface area contributed by atoms with Crippen LogP contribution in [0.5, 0.6) is 5.75 Å². The van der Waals surface area contributed by atoms with Crippen LogP contribution in [0.1, 0.15) is 22.6 Å². The number of alkyl halides is 2. The van der Waals surface area contributed by atoms with Gasteiger partial charge in [0, 0.05) is 6.07 Å². The van der Waals surface area contributed by atoms with Crippen molar-refractivity contribution in [2.24, 2.45) is 0 Å². The fourth-order valence-electron chi connectivity index (χ4n) is 1.02. The van der Waals surface area contributed by atoms with Gasteiger partial charge in [-0.25, -0.2) is 8.78 Å². The minimum absolute atomic E-state index is 0.203. The van der Waals surface area contributed by atoms with Gasteiger partial charge in [-0.3, -0.25) is 9.59 Å². The van der Waals surface area contributed by atoms with E-state index < -0.39 is 23.3 Å². The zero-order valence-electron chi connectivity index (χ0n) is 7.21. The second-order valence-electron chi connectivity index (χ2n) is 2.45. The van der Waals surface area contributed by atoms with Gasteiger partial charge in [0.05, 0.1) is 12.8 Å². The van der Waals surface area contributed by atoms with Crippen molar-refractivity contribution in [3.63, 3.8) is 0 Å². The molecule has 0 bridgehead atoms. The van der Waals surface area contributed by atoms with Crippen LogP contribution in [-0.4, -0.2) is 18.4 Å². The smallest absolute Gasteiger partial charge is 0.282 e. The lowest BCUT2D eigenvalue weighted by atomic mass is 10.3. The Morgan fingerprint density at radius 1 is 1.57 bits per heavy atom. The van der Waals surface area contributed by atoms with Gasteiger partial charge in [-0.15, -0.1) is 0 Å². The topological polar surface area (TPSA) is 59.2 Å². The molecule has 0 aliphatic rings. The van der Waals surface area contributed by atoms with Gasteiger partial charge in [0.1, 0.15) is 5.69 Å². The van der Waals surface area contributed by atoms with Crippen molar-refractivity contribution in [3.8, 4) is 5.75 Å². The molecule has 0 amide bonds. The number of hydrogen-bond donors (Lipinski definition) is 1. The maximum atomic E-state index is 12.3. The zero-order valence-corrected chi connectivity index (χ0v) is 7.21. The number of pyridine rings is 1. The minimum atomic E-state index is -2.89. The van der Waals surface area contributed by atoms with Gasteiger partial charge >= 0.3 is 0 Å². The molecule has 1 rings (SSSR count). The lowest BCUT2D eigenvalue weighted by Gasteiger charge is -2.06. The predicted octanol–water partition coefficient (Wildman–Crippen LogP) is 1.13. The van der Waals surface area contributed by atoms with E-state index in [1.54, 1.807) is 0 Å². The number of aromatic nitrogens is 1. The molecule has 0 fully saturated rings. The largest absolute Gasteiger partial charge is 0.491 e. The third-order valence-corrected chi connectivity index (χ3v) is 1.58. The van der Waals surface area contributed by atoms with Crippen LogP contribution in [0.15, 0.2) is 10.9 Å². The summed E-state index contributed by atoms with van der Waals surface area (Å²) in [7, 11) is 1.11. The minimum Gasteiger partial charge on any atom is -0.491 e. The van der Waals surface area contributed by atoms with Gasteiger partial charge in [-0.2, -0.15) is 0 Å². The van der Waals surface area contributed by atoms with Crippen LogP contribution in [0, 0.1) is 0 Å². The summed E-state index contributed by atoms with van der Waals surface area (Å²) in [5.74, 6) is -0.467. The van der Waals surface area contributed by atoms with Crippen molar-refractivity contribution in [3.05, 3.63) is 27.7 Å². The van der Waals surface area contributed by atoms with Crippen LogP contribution < -0.4 is 10.2 Å². The highest BCUT2D eigenvalue weighted by Gasteiger charge is 2.18. The molecule has 6 heteroatoms. The molecule has 0 unspecified atom stereocenters. The summed E-state index contributed by atoms with van der Waals surface area (Å²) < 4.78 is 29.2. The van der Waals surface area contributed by atoms with E-state index in [1.807, 2.05) is 0 Å². The molecular formula is C8H7F2NO3. The van der Waals surface area contributed by atoms with E-state index in [9.17, 15) is 18.4 Å². The molecule has 0 aliphatic heterocycles. The van der Waals surface area contributed by atoms with E-state index in [1.165, 1.54) is 0 Å². The molecule has 14 heavy (non-hydrogen) atoms. The first-order chi connectivity index (χ1) is 6.60. The van der Waals surface area contributed by atoms with Crippen LogP contribution in [0.4, 0.5) is 8.78 Å². The molecular weight excluding hydrogens is 196 g/mol. The summed E-state index contributed by atoms with van der Waals surface area (Å²) in [6.45, 7) is 0. The lowest BCUT2D eigenvalue weighted by Crippen LogP contribution is -2.12. The van der Waals surface area contributed by atoms with Gasteiger partial charge in [0.15, 0.2) is 12.0 Å². The summed E-state index contributed by atoms with van der Waals surface area (Å²) in [5, 5.41) is 0. The van der Waals surface area contributed by atoms with Crippen LogP contribution >= 0.6 is 0 Å². The van der Waals surface area contributed by atoms with Gasteiger partial charge in [-0.05, 0) is 0 Å². The van der Waals surface area contributed by atoms with E-state index in [0.29, 0.717) is 0 Å². The molecule has 0 atom stereocenters. The second kappa shape index (κ2) is 3.99. The van der Waals surface area contributed by atoms with Gasteiger partial charge in [0.25, 0.3) is 6.43 Å². The van der Waals surface area contributed by atoms with E-state index in [-0.39, 0.29) is 12.0 Å². The third-order valence-electron chi connectivity index (χ3n) is 1.58. The summed E-state index contributed by atoms with van der Waals surface area (Å²) >= 11 is 0. The highest BCUT2D eigenvalue weighted by atomic mass is 19.3. The number of hydrogen-bond acceptors (Lipinski definition) is 3. The van der Waals surface area contributed by atoms with Crippen molar-refractivity contribution in [2.45, 2.75) is 6.43 Å². The fourth-order valence-corrected chi connectivity index (χ4v) is 1.02. The van der Waals surface area contributed by atoms with Crippen molar-refractivity contribution < 1.29 is 18.3 Å². The van der Waals surface area contributed by atoms with Crippen molar-refractivity contribution >= 4 is 6.29 Å². The molecule has 0 saturated heterocycles. The second-order valence-corrected chi connectivity index (χ2v) is 2.45. The Balaban J connectivity index is 3.43. The monoisotopic (exact) mass is 203 g/mol. The highest BCUT2D eigenvalue weighted by Crippen LogP contribution is 2.23. The molecule has 1 aromatic heterocycles. The number of aldehydes is 1. The van der Waals surface area contributed by atoms with E-state index in [4.69, 9.17) is 0 Å². The van der Waals surface area contributed by atoms with Crippen LogP contribution in [-0.2, 0) is 0 Å². The Morgan fingerprint density at radius 3 is 2.64 bits per heavy atom. The maximum Gasteiger partial charge on any atom is 0.282 e. The Hall–Kier alpha value is -1.72. The van der Waals surface area contributed by atoms with E-state index >= 15 is 0 Å². The van der Waals surface area contributed by atoms with E-state index in [0.717, 1.165) is 13.2 Å². The molecule has 0 saturated carbocycles. The Labute approximate surface area is 77.5 Å². The van der Waals surface area contributed by atoms with Crippen LogP contribution in [0.25, 0.3) is 0 Å². The number of carbonyl (C=O) groups excluding carboxylic acids is 1. The number of aromatic amines is 1. The number of ether oxygens (including phenoxy) is 1. The average molecular weight is 203 g/mol. The van der Waals surface area contributed by atoms with Gasteiger partial charge in [0.2, 0.25) is 5.43 Å². The third kappa shape index (κ3) is 1.78. The summed E-state index contributed by atoms with van der Waals surface area (Å²) in [5.41, 5.74) is -1.63. The molecule has 1 heterocycles. The standard InChI is InChI=1S/C8H7F2NO3/c1-14-7-5(13)2-4(3-12)11-6(7)8(9)10/h2-3,8H,1H3,(H,11,13).